The van der Waals surface area contributed by atoms with Crippen molar-refractivity contribution >= 4 is 0 Å². The minimum absolute atomic E-state index is 0.192. The SMILES string of the molecule is C1=CC2OC3C=CC=C(NC4=CCC5C6C=CC=CC6C6(CCCC6)C5C4)C3C2C=C1. The molecule has 0 amide bonds. The van der Waals surface area contributed by atoms with Gasteiger partial charge in [0.2, 0.25) is 0 Å². The van der Waals surface area contributed by atoms with E-state index in [0.29, 0.717) is 17.3 Å². The zero-order chi connectivity index (χ0) is 20.4. The summed E-state index contributed by atoms with van der Waals surface area (Å²) in [6, 6.07) is 0. The Balaban J connectivity index is 1.16. The van der Waals surface area contributed by atoms with Crippen LogP contribution >= 0.6 is 0 Å². The maximum atomic E-state index is 6.36. The normalized spacial score (nSPS) is 45.2. The van der Waals surface area contributed by atoms with Crippen molar-refractivity contribution in [2.45, 2.75) is 50.7 Å². The highest BCUT2D eigenvalue weighted by molar-refractivity contribution is 5.35. The molecule has 160 valence electrons. The van der Waals surface area contributed by atoms with E-state index in [0.717, 1.165) is 23.7 Å². The maximum absolute atomic E-state index is 6.36. The van der Waals surface area contributed by atoms with Gasteiger partial charge in [-0.2, -0.15) is 0 Å². The fraction of sp³-hybridized carbons (Fsp3) is 0.517. The van der Waals surface area contributed by atoms with Crippen LogP contribution in [0.2, 0.25) is 0 Å². The lowest BCUT2D eigenvalue weighted by Crippen LogP contribution is -2.35. The fourth-order valence-corrected chi connectivity index (χ4v) is 8.45. The average Bonchev–Trinajstić information content (AvgIpc) is 3.51. The molecule has 7 aliphatic rings. The molecule has 0 bridgehead atoms. The molecule has 2 saturated carbocycles. The summed E-state index contributed by atoms with van der Waals surface area (Å²) in [5, 5.41) is 3.96. The third-order valence-corrected chi connectivity index (χ3v) is 9.65. The van der Waals surface area contributed by atoms with Gasteiger partial charge in [0, 0.05) is 23.2 Å². The van der Waals surface area contributed by atoms with E-state index >= 15 is 0 Å². The van der Waals surface area contributed by atoms with Crippen LogP contribution in [-0.2, 0) is 4.74 Å². The Morgan fingerprint density at radius 2 is 1.61 bits per heavy atom. The zero-order valence-corrected chi connectivity index (χ0v) is 18.2. The van der Waals surface area contributed by atoms with Crippen molar-refractivity contribution in [2.24, 2.45) is 40.9 Å². The van der Waals surface area contributed by atoms with Crippen LogP contribution in [0.15, 0.2) is 84.3 Å². The molecule has 1 saturated heterocycles. The summed E-state index contributed by atoms with van der Waals surface area (Å²) in [7, 11) is 0. The van der Waals surface area contributed by atoms with Crippen LogP contribution in [-0.4, -0.2) is 12.2 Å². The smallest absolute Gasteiger partial charge is 0.0856 e. The standard InChI is InChI=1S/C29H33NO/c1-3-10-23-20(8-1)21-15-14-19(18-24(21)29(23)16-5-6-17-29)30-25-11-7-13-27-28(25)22-9-2-4-12-26(22)31-27/h1-4,7-14,20-24,26-28,30H,5-6,15-18H2. The molecule has 2 heteroatoms. The molecule has 0 aromatic carbocycles. The Kier molecular flexibility index (Phi) is 4.16. The molecule has 8 unspecified atom stereocenters. The molecule has 0 aromatic heterocycles. The van der Waals surface area contributed by atoms with Crippen LogP contribution in [0, 0.1) is 40.9 Å². The first-order chi connectivity index (χ1) is 15.3. The summed E-state index contributed by atoms with van der Waals surface area (Å²) in [4.78, 5) is 0. The molecular formula is C29H33NO. The topological polar surface area (TPSA) is 21.3 Å². The predicted molar refractivity (Wildman–Crippen MR) is 125 cm³/mol. The summed E-state index contributed by atoms with van der Waals surface area (Å²) in [6.45, 7) is 0. The van der Waals surface area contributed by atoms with Crippen molar-refractivity contribution in [3.63, 3.8) is 0 Å². The summed E-state index contributed by atoms with van der Waals surface area (Å²) in [5.74, 6) is 4.04. The number of nitrogens with one attached hydrogen (secondary N) is 1. The molecule has 8 atom stereocenters. The van der Waals surface area contributed by atoms with Crippen molar-refractivity contribution < 1.29 is 4.74 Å². The van der Waals surface area contributed by atoms with E-state index in [1.54, 1.807) is 0 Å². The van der Waals surface area contributed by atoms with E-state index in [1.165, 1.54) is 49.9 Å². The minimum atomic E-state index is 0.192. The lowest BCUT2D eigenvalue weighted by atomic mass is 9.66. The Morgan fingerprint density at radius 3 is 2.52 bits per heavy atom. The number of hydrogen-bond donors (Lipinski definition) is 1. The molecule has 1 heterocycles. The molecule has 1 spiro atoms. The van der Waals surface area contributed by atoms with Crippen molar-refractivity contribution in [2.75, 3.05) is 0 Å². The first kappa shape index (κ1) is 18.5. The molecule has 2 nitrogen and oxygen atoms in total. The van der Waals surface area contributed by atoms with Crippen LogP contribution in [0.25, 0.3) is 0 Å². The summed E-state index contributed by atoms with van der Waals surface area (Å²) in [6.07, 6.45) is 36.5. The van der Waals surface area contributed by atoms with Gasteiger partial charge in [0.05, 0.1) is 12.2 Å². The molecule has 0 radical (unpaired) electrons. The van der Waals surface area contributed by atoms with Gasteiger partial charge in [0.1, 0.15) is 0 Å². The fourth-order valence-electron chi connectivity index (χ4n) is 8.45. The Morgan fingerprint density at radius 1 is 0.839 bits per heavy atom. The predicted octanol–water partition coefficient (Wildman–Crippen LogP) is 6.00. The molecule has 0 aromatic rings. The van der Waals surface area contributed by atoms with Crippen LogP contribution in [0.3, 0.4) is 0 Å². The number of hydrogen-bond acceptors (Lipinski definition) is 2. The van der Waals surface area contributed by atoms with Gasteiger partial charge in [-0.3, -0.25) is 0 Å². The number of fused-ring (bicyclic) bond motifs is 8. The van der Waals surface area contributed by atoms with Gasteiger partial charge < -0.3 is 10.1 Å². The van der Waals surface area contributed by atoms with Gasteiger partial charge >= 0.3 is 0 Å². The van der Waals surface area contributed by atoms with E-state index in [1.807, 2.05) is 0 Å². The van der Waals surface area contributed by atoms with Gasteiger partial charge in [-0.05, 0) is 60.8 Å². The summed E-state index contributed by atoms with van der Waals surface area (Å²) >= 11 is 0. The first-order valence-corrected chi connectivity index (χ1v) is 12.5. The molecule has 31 heavy (non-hydrogen) atoms. The third-order valence-electron chi connectivity index (χ3n) is 9.65. The van der Waals surface area contributed by atoms with Crippen molar-refractivity contribution in [1.29, 1.82) is 0 Å². The lowest BCUT2D eigenvalue weighted by molar-refractivity contribution is 0.0870. The highest BCUT2D eigenvalue weighted by Gasteiger charge is 2.59. The molecule has 1 aliphatic heterocycles. The second kappa shape index (κ2) is 6.97. The molecule has 1 N–H and O–H groups in total. The quantitative estimate of drug-likeness (QED) is 0.602. The highest BCUT2D eigenvalue weighted by atomic mass is 16.5. The number of rotatable bonds is 2. The van der Waals surface area contributed by atoms with Crippen molar-refractivity contribution in [1.82, 2.24) is 5.32 Å². The van der Waals surface area contributed by atoms with Crippen LogP contribution in [0.1, 0.15) is 38.5 Å². The third kappa shape index (κ3) is 2.67. The highest BCUT2D eigenvalue weighted by Crippen LogP contribution is 2.66. The van der Waals surface area contributed by atoms with Gasteiger partial charge in [0.25, 0.3) is 0 Å². The van der Waals surface area contributed by atoms with E-state index in [2.05, 4.69) is 78.2 Å². The maximum Gasteiger partial charge on any atom is 0.0856 e. The van der Waals surface area contributed by atoms with Crippen molar-refractivity contribution in [3.8, 4) is 0 Å². The van der Waals surface area contributed by atoms with E-state index in [9.17, 15) is 0 Å². The second-order valence-electron chi connectivity index (χ2n) is 10.8. The van der Waals surface area contributed by atoms with E-state index < -0.39 is 0 Å². The number of allylic oxidation sites excluding steroid dienone is 10. The monoisotopic (exact) mass is 411 g/mol. The van der Waals surface area contributed by atoms with Crippen LogP contribution in [0.4, 0.5) is 0 Å². The first-order valence-electron chi connectivity index (χ1n) is 12.5. The van der Waals surface area contributed by atoms with E-state index in [4.69, 9.17) is 4.74 Å². The minimum Gasteiger partial charge on any atom is -0.365 e. The Bertz CT molecular complexity index is 969. The number of ether oxygens (including phenoxy) is 1. The molecule has 6 aliphatic carbocycles. The summed E-state index contributed by atoms with van der Waals surface area (Å²) < 4.78 is 6.36. The van der Waals surface area contributed by atoms with Gasteiger partial charge in [0.15, 0.2) is 0 Å². The zero-order valence-electron chi connectivity index (χ0n) is 18.2. The van der Waals surface area contributed by atoms with Gasteiger partial charge in [-0.1, -0.05) is 79.7 Å². The average molecular weight is 412 g/mol. The second-order valence-corrected chi connectivity index (χ2v) is 10.8. The van der Waals surface area contributed by atoms with Crippen LogP contribution < -0.4 is 5.32 Å². The Labute approximate surface area is 186 Å². The summed E-state index contributed by atoms with van der Waals surface area (Å²) in [5.41, 5.74) is 3.37. The van der Waals surface area contributed by atoms with Crippen LogP contribution in [0.5, 0.6) is 0 Å². The molecular weight excluding hydrogens is 378 g/mol. The molecule has 7 rings (SSSR count). The molecule has 3 fully saturated rings. The Hall–Kier alpha value is -2.06. The van der Waals surface area contributed by atoms with Crippen molar-refractivity contribution in [3.05, 3.63) is 84.3 Å². The van der Waals surface area contributed by atoms with E-state index in [-0.39, 0.29) is 12.2 Å². The lowest BCUT2D eigenvalue weighted by Gasteiger charge is -2.40. The largest absolute Gasteiger partial charge is 0.365 e. The van der Waals surface area contributed by atoms with Gasteiger partial charge in [-0.15, -0.1) is 0 Å². The van der Waals surface area contributed by atoms with Gasteiger partial charge in [-0.25, -0.2) is 0 Å².